The van der Waals surface area contributed by atoms with Crippen LogP contribution in [0.5, 0.6) is 11.5 Å². The first-order valence-corrected chi connectivity index (χ1v) is 5.34. The molecular formula is C11H13N5O3. The van der Waals surface area contributed by atoms with Crippen LogP contribution in [0.1, 0.15) is 0 Å². The monoisotopic (exact) mass is 263 g/mol. The quantitative estimate of drug-likeness (QED) is 0.698. The number of amides is 2. The van der Waals surface area contributed by atoms with Gasteiger partial charge in [0.15, 0.2) is 17.3 Å². The molecule has 8 heteroatoms. The lowest BCUT2D eigenvalue weighted by atomic mass is 10.2. The van der Waals surface area contributed by atoms with Gasteiger partial charge in [0.1, 0.15) is 6.33 Å². The number of hydrogen-bond donors (Lipinski definition) is 3. The van der Waals surface area contributed by atoms with Crippen LogP contribution in [0.3, 0.4) is 0 Å². The van der Waals surface area contributed by atoms with Crippen molar-refractivity contribution in [2.24, 2.45) is 5.73 Å². The molecule has 100 valence electrons. The van der Waals surface area contributed by atoms with Crippen LogP contribution in [0.2, 0.25) is 0 Å². The number of anilines is 1. The number of nitrogens with one attached hydrogen (secondary N) is 2. The fourth-order valence-electron chi connectivity index (χ4n) is 1.60. The SMILES string of the molecule is COc1cc2ncnc(NNC(N)=O)c2cc1OC. The molecule has 8 nitrogen and oxygen atoms in total. The van der Waals surface area contributed by atoms with E-state index in [0.717, 1.165) is 0 Å². The third kappa shape index (κ3) is 2.57. The first-order chi connectivity index (χ1) is 9.15. The molecule has 0 aliphatic heterocycles. The maximum atomic E-state index is 10.7. The molecule has 0 saturated heterocycles. The summed E-state index contributed by atoms with van der Waals surface area (Å²) in [6.45, 7) is 0. The van der Waals surface area contributed by atoms with Crippen LogP contribution in [-0.4, -0.2) is 30.2 Å². The number of urea groups is 1. The highest BCUT2D eigenvalue weighted by atomic mass is 16.5. The first kappa shape index (κ1) is 12.7. The Hall–Kier alpha value is -2.77. The van der Waals surface area contributed by atoms with E-state index in [1.807, 2.05) is 0 Å². The van der Waals surface area contributed by atoms with Crippen molar-refractivity contribution in [2.75, 3.05) is 19.6 Å². The number of carbonyl (C=O) groups excluding carboxylic acids is 1. The molecule has 0 bridgehead atoms. The van der Waals surface area contributed by atoms with Crippen LogP contribution >= 0.6 is 0 Å². The number of rotatable bonds is 4. The summed E-state index contributed by atoms with van der Waals surface area (Å²) in [5.74, 6) is 1.50. The Balaban J connectivity index is 2.51. The molecule has 0 aliphatic rings. The van der Waals surface area contributed by atoms with Gasteiger partial charge in [-0.25, -0.2) is 14.8 Å². The molecule has 2 aromatic rings. The molecule has 0 unspecified atom stereocenters. The normalized spacial score (nSPS) is 10.0. The molecule has 2 rings (SSSR count). The second-order valence-corrected chi connectivity index (χ2v) is 3.56. The maximum Gasteiger partial charge on any atom is 0.330 e. The van der Waals surface area contributed by atoms with E-state index in [9.17, 15) is 4.79 Å². The number of hydrogen-bond acceptors (Lipinski definition) is 6. The van der Waals surface area contributed by atoms with E-state index in [1.54, 1.807) is 19.2 Å². The Morgan fingerprint density at radius 2 is 1.89 bits per heavy atom. The van der Waals surface area contributed by atoms with Gasteiger partial charge in [0.25, 0.3) is 0 Å². The molecule has 1 heterocycles. The van der Waals surface area contributed by atoms with Crippen LogP contribution in [-0.2, 0) is 0 Å². The predicted octanol–water partition coefficient (Wildman–Crippen LogP) is 0.642. The van der Waals surface area contributed by atoms with Gasteiger partial charge in [-0.3, -0.25) is 10.9 Å². The zero-order chi connectivity index (χ0) is 13.8. The van der Waals surface area contributed by atoms with Crippen LogP contribution in [0.4, 0.5) is 10.6 Å². The number of fused-ring (bicyclic) bond motifs is 1. The fraction of sp³-hybridized carbons (Fsp3) is 0.182. The van der Waals surface area contributed by atoms with Crippen LogP contribution in [0, 0.1) is 0 Å². The zero-order valence-corrected chi connectivity index (χ0v) is 10.4. The number of primary amides is 1. The van der Waals surface area contributed by atoms with Gasteiger partial charge >= 0.3 is 6.03 Å². The van der Waals surface area contributed by atoms with Crippen molar-refractivity contribution < 1.29 is 14.3 Å². The minimum atomic E-state index is -0.716. The lowest BCUT2D eigenvalue weighted by Crippen LogP contribution is -2.34. The summed E-state index contributed by atoms with van der Waals surface area (Å²) in [6.07, 6.45) is 1.36. The summed E-state index contributed by atoms with van der Waals surface area (Å²) in [5.41, 5.74) is 10.5. The van der Waals surface area contributed by atoms with E-state index in [0.29, 0.717) is 28.2 Å². The number of methoxy groups -OCH3 is 2. The van der Waals surface area contributed by atoms with Crippen molar-refractivity contribution in [3.05, 3.63) is 18.5 Å². The van der Waals surface area contributed by atoms with Crippen molar-refractivity contribution in [3.8, 4) is 11.5 Å². The predicted molar refractivity (Wildman–Crippen MR) is 69.0 cm³/mol. The Morgan fingerprint density at radius 1 is 1.21 bits per heavy atom. The average molecular weight is 263 g/mol. The summed E-state index contributed by atoms with van der Waals surface area (Å²) in [6, 6.07) is 2.71. The Kier molecular flexibility index (Phi) is 3.51. The number of aromatic nitrogens is 2. The van der Waals surface area contributed by atoms with Gasteiger partial charge in [-0.1, -0.05) is 0 Å². The molecule has 0 atom stereocenters. The number of hydrazine groups is 1. The van der Waals surface area contributed by atoms with Gasteiger partial charge in [-0.05, 0) is 6.07 Å². The average Bonchev–Trinajstić information content (AvgIpc) is 2.43. The summed E-state index contributed by atoms with van der Waals surface area (Å²) in [7, 11) is 3.07. The number of nitrogens with two attached hydrogens (primary N) is 1. The minimum absolute atomic E-state index is 0.407. The molecule has 0 saturated carbocycles. The number of benzene rings is 1. The van der Waals surface area contributed by atoms with Crippen LogP contribution in [0.15, 0.2) is 18.5 Å². The summed E-state index contributed by atoms with van der Waals surface area (Å²) >= 11 is 0. The zero-order valence-electron chi connectivity index (χ0n) is 10.4. The highest BCUT2D eigenvalue weighted by Crippen LogP contribution is 2.33. The van der Waals surface area contributed by atoms with Gasteiger partial charge in [0, 0.05) is 11.5 Å². The van der Waals surface area contributed by atoms with E-state index < -0.39 is 6.03 Å². The summed E-state index contributed by atoms with van der Waals surface area (Å²) in [5, 5.41) is 0.661. The van der Waals surface area contributed by atoms with Crippen molar-refractivity contribution in [1.82, 2.24) is 15.4 Å². The van der Waals surface area contributed by atoms with E-state index in [-0.39, 0.29) is 0 Å². The van der Waals surface area contributed by atoms with Crippen molar-refractivity contribution in [3.63, 3.8) is 0 Å². The minimum Gasteiger partial charge on any atom is -0.493 e. The van der Waals surface area contributed by atoms with E-state index >= 15 is 0 Å². The molecule has 1 aromatic carbocycles. The molecule has 0 fully saturated rings. The Morgan fingerprint density at radius 3 is 2.53 bits per heavy atom. The maximum absolute atomic E-state index is 10.7. The van der Waals surface area contributed by atoms with E-state index in [1.165, 1.54) is 13.4 Å². The van der Waals surface area contributed by atoms with Crippen molar-refractivity contribution >= 4 is 22.8 Å². The highest BCUT2D eigenvalue weighted by Gasteiger charge is 2.10. The molecule has 2 amide bonds. The van der Waals surface area contributed by atoms with Gasteiger partial charge in [-0.2, -0.15) is 0 Å². The fourth-order valence-corrected chi connectivity index (χ4v) is 1.60. The van der Waals surface area contributed by atoms with Gasteiger partial charge in [0.05, 0.1) is 19.7 Å². The number of carbonyl (C=O) groups is 1. The van der Waals surface area contributed by atoms with Crippen molar-refractivity contribution in [2.45, 2.75) is 0 Å². The van der Waals surface area contributed by atoms with Gasteiger partial charge < -0.3 is 15.2 Å². The number of ether oxygens (including phenoxy) is 2. The third-order valence-electron chi connectivity index (χ3n) is 2.44. The lowest BCUT2D eigenvalue weighted by Gasteiger charge is -2.11. The Labute approximate surface area is 108 Å². The largest absolute Gasteiger partial charge is 0.493 e. The van der Waals surface area contributed by atoms with Crippen LogP contribution in [0.25, 0.3) is 10.9 Å². The molecule has 0 aliphatic carbocycles. The van der Waals surface area contributed by atoms with E-state index in [4.69, 9.17) is 15.2 Å². The third-order valence-corrected chi connectivity index (χ3v) is 2.44. The molecular weight excluding hydrogens is 250 g/mol. The summed E-state index contributed by atoms with van der Waals surface area (Å²) < 4.78 is 10.4. The van der Waals surface area contributed by atoms with Crippen molar-refractivity contribution in [1.29, 1.82) is 0 Å². The Bertz CT molecular complexity index is 617. The topological polar surface area (TPSA) is 111 Å². The smallest absolute Gasteiger partial charge is 0.330 e. The second kappa shape index (κ2) is 5.25. The van der Waals surface area contributed by atoms with Gasteiger partial charge in [-0.15, -0.1) is 0 Å². The molecule has 4 N–H and O–H groups in total. The molecule has 1 aromatic heterocycles. The van der Waals surface area contributed by atoms with E-state index in [2.05, 4.69) is 20.8 Å². The number of nitrogens with zero attached hydrogens (tertiary/aromatic N) is 2. The van der Waals surface area contributed by atoms with Gasteiger partial charge in [0.2, 0.25) is 0 Å². The highest BCUT2D eigenvalue weighted by molar-refractivity contribution is 5.92. The molecule has 0 radical (unpaired) electrons. The standard InChI is InChI=1S/C11H13N5O3/c1-18-8-3-6-7(4-9(8)19-2)13-5-14-10(6)15-16-11(12)17/h3-5H,1-2H3,(H3,12,16,17)(H,13,14,15). The first-order valence-electron chi connectivity index (χ1n) is 5.34. The van der Waals surface area contributed by atoms with Crippen LogP contribution < -0.4 is 26.1 Å². The molecule has 0 spiro atoms. The summed E-state index contributed by atoms with van der Waals surface area (Å²) in [4.78, 5) is 18.8. The lowest BCUT2D eigenvalue weighted by molar-refractivity contribution is 0.250. The second-order valence-electron chi connectivity index (χ2n) is 3.56. The molecule has 19 heavy (non-hydrogen) atoms.